The van der Waals surface area contributed by atoms with Gasteiger partial charge in [-0.3, -0.25) is 13.8 Å². The lowest BCUT2D eigenvalue weighted by molar-refractivity contribution is -0.870. The maximum atomic E-state index is 12.9. The number of quaternary nitrogens is 1. The van der Waals surface area contributed by atoms with Gasteiger partial charge in [-0.05, 0) is 77.0 Å². The SMILES string of the molecule is CC/C=C\C/C=C\C/C=C\C/C=C\CCCCCCCCCCCCCCCCCCCCCCCCCCCCCCC(=O)NC(COP(=O)(O)OCC[N+](C)(C)C)C(O)/C=C/CC/C=C/CC/C=C/CC. The summed E-state index contributed by atoms with van der Waals surface area (Å²) < 4.78 is 23.6. The quantitative estimate of drug-likeness (QED) is 0.0243. The minimum Gasteiger partial charge on any atom is -0.387 e. The van der Waals surface area contributed by atoms with Gasteiger partial charge in [-0.15, -0.1) is 0 Å². The van der Waals surface area contributed by atoms with Crippen LogP contribution in [-0.4, -0.2) is 73.4 Å². The van der Waals surface area contributed by atoms with Crippen molar-refractivity contribution >= 4 is 13.7 Å². The molecule has 8 nitrogen and oxygen atoms in total. The van der Waals surface area contributed by atoms with Crippen LogP contribution >= 0.6 is 7.82 Å². The first-order chi connectivity index (χ1) is 35.5. The molecule has 0 rings (SSSR count). The topological polar surface area (TPSA) is 105 Å². The van der Waals surface area contributed by atoms with Gasteiger partial charge < -0.3 is 19.8 Å². The zero-order chi connectivity index (χ0) is 53.5. The van der Waals surface area contributed by atoms with Crippen LogP contribution in [0, 0.1) is 0 Å². The van der Waals surface area contributed by atoms with Crippen molar-refractivity contribution < 1.29 is 32.9 Å². The molecule has 3 unspecified atom stereocenters. The highest BCUT2D eigenvalue weighted by atomic mass is 31.2. The molecule has 0 aliphatic carbocycles. The number of allylic oxidation sites excluding steroid dienone is 13. The second-order valence-corrected chi connectivity index (χ2v) is 23.1. The fraction of sp³-hybridized carbons (Fsp3) is 0.766. The molecule has 0 radical (unpaired) electrons. The average molecular weight is 1040 g/mol. The van der Waals surface area contributed by atoms with Crippen LogP contribution in [0.1, 0.15) is 264 Å². The summed E-state index contributed by atoms with van der Waals surface area (Å²) in [4.78, 5) is 23.2. The summed E-state index contributed by atoms with van der Waals surface area (Å²) in [6.07, 6.45) is 77.5. The summed E-state index contributed by atoms with van der Waals surface area (Å²) in [6.45, 7) is 4.55. The van der Waals surface area contributed by atoms with E-state index in [9.17, 15) is 19.4 Å². The van der Waals surface area contributed by atoms with Gasteiger partial charge >= 0.3 is 7.82 Å². The van der Waals surface area contributed by atoms with Crippen molar-refractivity contribution in [3.63, 3.8) is 0 Å². The number of nitrogens with one attached hydrogen (secondary N) is 1. The minimum absolute atomic E-state index is 0.0524. The van der Waals surface area contributed by atoms with E-state index in [1.807, 2.05) is 27.2 Å². The van der Waals surface area contributed by atoms with Gasteiger partial charge in [0.25, 0.3) is 0 Å². The summed E-state index contributed by atoms with van der Waals surface area (Å²) in [7, 11) is 1.55. The van der Waals surface area contributed by atoms with Gasteiger partial charge in [0, 0.05) is 6.42 Å². The molecule has 3 N–H and O–H groups in total. The number of nitrogens with zero attached hydrogens (tertiary/aromatic N) is 1. The monoisotopic (exact) mass is 1040 g/mol. The summed E-state index contributed by atoms with van der Waals surface area (Å²) in [5.41, 5.74) is 0. The molecule has 0 saturated heterocycles. The Hall–Kier alpha value is -2.32. The molecule has 424 valence electrons. The normalized spacial score (nSPS) is 14.5. The average Bonchev–Trinajstić information content (AvgIpc) is 3.35. The Morgan fingerprint density at radius 3 is 1.21 bits per heavy atom. The Morgan fingerprint density at radius 1 is 0.466 bits per heavy atom. The van der Waals surface area contributed by atoms with Crippen molar-refractivity contribution in [1.82, 2.24) is 5.32 Å². The number of carbonyl (C=O) groups excluding carboxylic acids is 1. The van der Waals surface area contributed by atoms with E-state index in [2.05, 4.69) is 92.1 Å². The zero-order valence-electron chi connectivity index (χ0n) is 48.4. The first-order valence-electron chi connectivity index (χ1n) is 30.5. The largest absolute Gasteiger partial charge is 0.472 e. The van der Waals surface area contributed by atoms with Gasteiger partial charge in [0.1, 0.15) is 13.2 Å². The first-order valence-corrected chi connectivity index (χ1v) is 32.0. The molecular formula is C64H118N2O6P+. The van der Waals surface area contributed by atoms with Crippen LogP contribution in [-0.2, 0) is 18.4 Å². The zero-order valence-corrected chi connectivity index (χ0v) is 49.3. The molecule has 0 saturated carbocycles. The summed E-state index contributed by atoms with van der Waals surface area (Å²) in [5, 5.41) is 13.8. The third kappa shape index (κ3) is 57.2. The second kappa shape index (κ2) is 54.5. The highest BCUT2D eigenvalue weighted by Crippen LogP contribution is 2.43. The van der Waals surface area contributed by atoms with E-state index < -0.39 is 20.0 Å². The van der Waals surface area contributed by atoms with Crippen LogP contribution in [0.4, 0.5) is 0 Å². The highest BCUT2D eigenvalue weighted by Gasteiger charge is 2.27. The number of rotatable bonds is 55. The summed E-state index contributed by atoms with van der Waals surface area (Å²) in [6, 6.07) is -0.869. The van der Waals surface area contributed by atoms with E-state index in [4.69, 9.17) is 9.05 Å². The number of unbranched alkanes of at least 4 members (excludes halogenated alkanes) is 30. The smallest absolute Gasteiger partial charge is 0.387 e. The third-order valence-electron chi connectivity index (χ3n) is 13.3. The number of aliphatic hydroxyl groups excluding tert-OH is 1. The van der Waals surface area contributed by atoms with E-state index in [0.717, 1.165) is 77.0 Å². The maximum absolute atomic E-state index is 12.9. The van der Waals surface area contributed by atoms with Crippen LogP contribution < -0.4 is 5.32 Å². The maximum Gasteiger partial charge on any atom is 0.472 e. The summed E-state index contributed by atoms with van der Waals surface area (Å²) >= 11 is 0. The van der Waals surface area contributed by atoms with Crippen LogP contribution in [0.2, 0.25) is 0 Å². The van der Waals surface area contributed by atoms with Crippen molar-refractivity contribution in [3.8, 4) is 0 Å². The number of hydrogen-bond donors (Lipinski definition) is 3. The van der Waals surface area contributed by atoms with Gasteiger partial charge in [0.15, 0.2) is 0 Å². The van der Waals surface area contributed by atoms with E-state index in [-0.39, 0.29) is 19.1 Å². The molecule has 73 heavy (non-hydrogen) atoms. The van der Waals surface area contributed by atoms with Gasteiger partial charge in [-0.25, -0.2) is 4.57 Å². The molecular weight excluding hydrogens is 924 g/mol. The van der Waals surface area contributed by atoms with Crippen molar-refractivity contribution in [2.24, 2.45) is 0 Å². The van der Waals surface area contributed by atoms with Crippen LogP contribution in [0.15, 0.2) is 85.1 Å². The molecule has 0 spiro atoms. The van der Waals surface area contributed by atoms with Crippen LogP contribution in [0.3, 0.4) is 0 Å². The Kier molecular flexibility index (Phi) is 52.7. The molecule has 1 amide bonds. The fourth-order valence-corrected chi connectivity index (χ4v) is 9.40. The first kappa shape index (κ1) is 70.7. The third-order valence-corrected chi connectivity index (χ3v) is 14.3. The number of carbonyl (C=O) groups is 1. The molecule has 9 heteroatoms. The molecule has 0 aromatic heterocycles. The standard InChI is InChI=1S/C64H117N2O6P/c1-6-8-10-12-14-16-18-19-20-21-22-23-24-25-26-27-28-29-30-31-32-33-34-35-36-37-38-39-40-41-42-43-44-45-46-47-48-50-52-54-56-58-64(68)65-62(61-72-73(69,70)71-60-59-66(3,4)5)63(67)57-55-53-51-49-17-15-13-11-9-7-2/h8-11,14,16-17,19-20,22-23,49,55,57,62-63,67H,6-7,12-13,15,18,21,24-48,50-54,56,58-61H2,1-5H3,(H-,65,68,69,70)/p+1/b10-8-,11-9+,16-14-,20-19-,23-22-,49-17+,57-55+. The number of hydrogen-bond acceptors (Lipinski definition) is 5. The predicted octanol–water partition coefficient (Wildman–Crippen LogP) is 18.8. The van der Waals surface area contributed by atoms with E-state index in [1.165, 1.54) is 167 Å². The molecule has 0 heterocycles. The number of likely N-dealkylation sites (N-methyl/N-ethyl adjacent to an activating group) is 1. The van der Waals surface area contributed by atoms with Crippen molar-refractivity contribution in [2.45, 2.75) is 276 Å². The molecule has 3 atom stereocenters. The van der Waals surface area contributed by atoms with Crippen LogP contribution in [0.5, 0.6) is 0 Å². The Morgan fingerprint density at radius 2 is 0.795 bits per heavy atom. The fourth-order valence-electron chi connectivity index (χ4n) is 8.66. The molecule has 0 aromatic carbocycles. The number of phosphoric acid groups is 1. The predicted molar refractivity (Wildman–Crippen MR) is 318 cm³/mol. The minimum atomic E-state index is -4.35. The Balaban J connectivity index is 3.80. The molecule has 0 aromatic rings. The number of aliphatic hydroxyl groups is 1. The van der Waals surface area contributed by atoms with Gasteiger partial charge in [0.05, 0.1) is 39.9 Å². The van der Waals surface area contributed by atoms with Gasteiger partial charge in [-0.1, -0.05) is 266 Å². The van der Waals surface area contributed by atoms with Gasteiger partial charge in [0.2, 0.25) is 5.91 Å². The lowest BCUT2D eigenvalue weighted by Gasteiger charge is -2.25. The second-order valence-electron chi connectivity index (χ2n) is 21.6. The van der Waals surface area contributed by atoms with Crippen molar-refractivity contribution in [3.05, 3.63) is 85.1 Å². The Labute approximate surface area is 452 Å². The van der Waals surface area contributed by atoms with Crippen molar-refractivity contribution in [1.29, 1.82) is 0 Å². The van der Waals surface area contributed by atoms with E-state index in [0.29, 0.717) is 17.4 Å². The molecule has 0 fully saturated rings. The highest BCUT2D eigenvalue weighted by molar-refractivity contribution is 7.47. The van der Waals surface area contributed by atoms with Crippen LogP contribution in [0.25, 0.3) is 0 Å². The van der Waals surface area contributed by atoms with E-state index in [1.54, 1.807) is 6.08 Å². The lowest BCUT2D eigenvalue weighted by atomic mass is 10.0. The summed E-state index contributed by atoms with van der Waals surface area (Å²) in [5.74, 6) is -0.191. The van der Waals surface area contributed by atoms with E-state index >= 15 is 0 Å². The molecule has 0 bridgehead atoms. The number of amides is 1. The molecule has 0 aliphatic rings. The van der Waals surface area contributed by atoms with Gasteiger partial charge in [-0.2, -0.15) is 0 Å². The number of phosphoric ester groups is 1. The molecule has 0 aliphatic heterocycles. The van der Waals surface area contributed by atoms with Crippen molar-refractivity contribution in [2.75, 3.05) is 40.9 Å². The Bertz CT molecular complexity index is 1460. The lowest BCUT2D eigenvalue weighted by Crippen LogP contribution is -2.45.